The van der Waals surface area contributed by atoms with Crippen molar-refractivity contribution in [2.45, 2.75) is 37.7 Å². The van der Waals surface area contributed by atoms with E-state index < -0.39 is 5.60 Å². The van der Waals surface area contributed by atoms with Gasteiger partial charge in [0.15, 0.2) is 5.60 Å². The van der Waals surface area contributed by atoms with Crippen molar-refractivity contribution in [1.82, 2.24) is 0 Å². The molecule has 0 aromatic heterocycles. The summed E-state index contributed by atoms with van der Waals surface area (Å²) in [7, 11) is 1.78. The second-order valence-corrected chi connectivity index (χ2v) is 14.2. The molecule has 9 rings (SSSR count). The van der Waals surface area contributed by atoms with Crippen LogP contribution in [0.5, 0.6) is 11.5 Å². The average Bonchev–Trinajstić information content (AvgIpc) is 3.52. The van der Waals surface area contributed by atoms with Gasteiger partial charge in [0, 0.05) is 59.4 Å². The quantitative estimate of drug-likeness (QED) is 0.171. The van der Waals surface area contributed by atoms with Gasteiger partial charge in [0.1, 0.15) is 11.5 Å². The molecule has 4 aliphatic rings. The lowest BCUT2D eigenvalue weighted by atomic mass is 9.71. The van der Waals surface area contributed by atoms with Crippen LogP contribution in [0.1, 0.15) is 54.5 Å². The summed E-state index contributed by atoms with van der Waals surface area (Å²) in [6.07, 6.45) is 6.67. The summed E-state index contributed by atoms with van der Waals surface area (Å²) in [5.74, 6) is 1.77. The van der Waals surface area contributed by atoms with E-state index in [9.17, 15) is 0 Å². The maximum atomic E-state index is 7.67. The molecule has 1 aliphatic carbocycles. The Morgan fingerprint density at radius 2 is 1.35 bits per heavy atom. The van der Waals surface area contributed by atoms with Crippen LogP contribution in [0.4, 0.5) is 11.4 Å². The van der Waals surface area contributed by atoms with Gasteiger partial charge in [0.25, 0.3) is 0 Å². The van der Waals surface area contributed by atoms with Crippen LogP contribution >= 0.6 is 0 Å². The third-order valence-electron chi connectivity index (χ3n) is 12.0. The smallest absolute Gasteiger partial charge is 0.178 e. The SMILES string of the molecule is CCC1(CC)c2ccccc2-c2c1c1c(c3cc(OC)c(N4CCOCC4)cc23)OC(c2ccccc2)(c2ccc(N3CCOCC3)cc2)C=C1. The van der Waals surface area contributed by atoms with Crippen molar-refractivity contribution in [3.63, 3.8) is 0 Å². The van der Waals surface area contributed by atoms with Crippen molar-refractivity contribution < 1.29 is 18.9 Å². The van der Waals surface area contributed by atoms with Crippen LogP contribution < -0.4 is 19.3 Å². The largest absolute Gasteiger partial charge is 0.495 e. The number of rotatable bonds is 7. The number of hydrogen-bond acceptors (Lipinski definition) is 6. The topological polar surface area (TPSA) is 43.4 Å². The molecule has 0 radical (unpaired) electrons. The molecule has 0 bridgehead atoms. The standard InChI is InChI=1S/C45H46N2O4/c1-4-44(5-2)38-14-10-9-13-34(38)41-36-29-39(47-23-27-50-28-24-47)40(48-3)30-37(36)43-35(42(41)44)19-20-45(51-43,31-11-7-6-8-12-31)32-15-17-33(18-16-32)46-21-25-49-26-22-46/h6-20,29-30H,4-5,21-28H2,1-3H3. The van der Waals surface area contributed by atoms with E-state index in [4.69, 9.17) is 18.9 Å². The molecular formula is C45H46N2O4. The van der Waals surface area contributed by atoms with Gasteiger partial charge in [-0.2, -0.15) is 0 Å². The normalized spacial score (nSPS) is 20.5. The molecule has 0 saturated carbocycles. The van der Waals surface area contributed by atoms with Crippen LogP contribution in [-0.4, -0.2) is 59.7 Å². The highest BCUT2D eigenvalue weighted by Crippen LogP contribution is 2.61. The van der Waals surface area contributed by atoms with Crippen molar-refractivity contribution in [2.24, 2.45) is 0 Å². The first-order valence-corrected chi connectivity index (χ1v) is 18.6. The molecule has 3 aliphatic heterocycles. The van der Waals surface area contributed by atoms with Crippen LogP contribution in [0.15, 0.2) is 97.1 Å². The highest BCUT2D eigenvalue weighted by molar-refractivity contribution is 6.10. The Hall–Kier alpha value is -4.78. The van der Waals surface area contributed by atoms with Crippen LogP contribution in [0.3, 0.4) is 0 Å². The van der Waals surface area contributed by atoms with Gasteiger partial charge in [0.2, 0.25) is 0 Å². The second kappa shape index (κ2) is 12.8. The minimum absolute atomic E-state index is 0.135. The van der Waals surface area contributed by atoms with Crippen LogP contribution in [0.2, 0.25) is 0 Å². The maximum absolute atomic E-state index is 7.67. The molecule has 5 aromatic rings. The monoisotopic (exact) mass is 678 g/mol. The Morgan fingerprint density at radius 1 is 0.706 bits per heavy atom. The van der Waals surface area contributed by atoms with Crippen LogP contribution in [0, 0.1) is 0 Å². The predicted molar refractivity (Wildman–Crippen MR) is 207 cm³/mol. The summed E-state index contributed by atoms with van der Waals surface area (Å²) < 4.78 is 25.3. The van der Waals surface area contributed by atoms with E-state index in [0.29, 0.717) is 13.2 Å². The van der Waals surface area contributed by atoms with E-state index in [1.54, 1.807) is 7.11 Å². The Bertz CT molecular complexity index is 2110. The summed E-state index contributed by atoms with van der Waals surface area (Å²) in [4.78, 5) is 4.81. The Balaban J connectivity index is 1.31. The highest BCUT2D eigenvalue weighted by atomic mass is 16.5. The Kier molecular flexibility index (Phi) is 8.05. The lowest BCUT2D eigenvalue weighted by molar-refractivity contribution is 0.122. The highest BCUT2D eigenvalue weighted by Gasteiger charge is 2.47. The average molecular weight is 679 g/mol. The number of benzene rings is 5. The van der Waals surface area contributed by atoms with E-state index in [1.807, 2.05) is 0 Å². The molecule has 1 atom stereocenters. The van der Waals surface area contributed by atoms with E-state index in [1.165, 1.54) is 38.9 Å². The van der Waals surface area contributed by atoms with E-state index in [-0.39, 0.29) is 5.41 Å². The predicted octanol–water partition coefficient (Wildman–Crippen LogP) is 8.96. The first kappa shape index (κ1) is 32.1. The fourth-order valence-electron chi connectivity index (χ4n) is 9.29. The van der Waals surface area contributed by atoms with Crippen molar-refractivity contribution in [1.29, 1.82) is 0 Å². The van der Waals surface area contributed by atoms with Crippen LogP contribution in [-0.2, 0) is 20.5 Å². The van der Waals surface area contributed by atoms with Crippen molar-refractivity contribution in [2.75, 3.05) is 69.5 Å². The maximum Gasteiger partial charge on any atom is 0.178 e. The summed E-state index contributed by atoms with van der Waals surface area (Å²) in [5, 5.41) is 2.28. The molecule has 51 heavy (non-hydrogen) atoms. The lowest BCUT2D eigenvalue weighted by Crippen LogP contribution is -2.37. The van der Waals surface area contributed by atoms with Crippen molar-refractivity contribution in [3.8, 4) is 22.6 Å². The first-order valence-electron chi connectivity index (χ1n) is 18.6. The summed E-state index contributed by atoms with van der Waals surface area (Å²) in [5.41, 5.74) is 10.2. The van der Waals surface area contributed by atoms with E-state index in [2.05, 4.69) is 127 Å². The molecule has 0 amide bonds. The lowest BCUT2D eigenvalue weighted by Gasteiger charge is -2.40. The zero-order chi connectivity index (χ0) is 34.6. The van der Waals surface area contributed by atoms with Gasteiger partial charge in [-0.3, -0.25) is 0 Å². The number of morpholine rings is 2. The molecule has 260 valence electrons. The molecule has 3 heterocycles. The molecule has 0 spiro atoms. The van der Waals surface area contributed by atoms with Gasteiger partial charge in [0.05, 0.1) is 39.2 Å². The summed E-state index contributed by atoms with van der Waals surface area (Å²) >= 11 is 0. The summed E-state index contributed by atoms with van der Waals surface area (Å²) in [6, 6.07) is 33.3. The third kappa shape index (κ3) is 4.91. The molecular weight excluding hydrogens is 633 g/mol. The van der Waals surface area contributed by atoms with E-state index in [0.717, 1.165) is 85.9 Å². The number of methoxy groups -OCH3 is 1. The number of nitrogens with zero attached hydrogens (tertiary/aromatic N) is 2. The number of ether oxygens (including phenoxy) is 4. The molecule has 2 fully saturated rings. The molecule has 6 heteroatoms. The number of hydrogen-bond donors (Lipinski definition) is 0. The fourth-order valence-corrected chi connectivity index (χ4v) is 9.29. The Morgan fingerprint density at radius 3 is 2.04 bits per heavy atom. The molecule has 5 aromatic carbocycles. The summed E-state index contributed by atoms with van der Waals surface area (Å²) in [6.45, 7) is 11.1. The van der Waals surface area contributed by atoms with E-state index >= 15 is 0 Å². The van der Waals surface area contributed by atoms with Gasteiger partial charge < -0.3 is 28.7 Å². The zero-order valence-electron chi connectivity index (χ0n) is 29.9. The Labute approximate surface area is 301 Å². The van der Waals surface area contributed by atoms with Crippen LogP contribution in [0.25, 0.3) is 28.0 Å². The number of anilines is 2. The minimum Gasteiger partial charge on any atom is -0.495 e. The molecule has 1 unspecified atom stereocenters. The zero-order valence-corrected chi connectivity index (χ0v) is 29.9. The van der Waals surface area contributed by atoms with Crippen molar-refractivity contribution in [3.05, 3.63) is 125 Å². The van der Waals surface area contributed by atoms with Gasteiger partial charge >= 0.3 is 0 Å². The third-order valence-corrected chi connectivity index (χ3v) is 12.0. The number of fused-ring (bicyclic) bond motifs is 8. The fraction of sp³-hybridized carbons (Fsp3) is 0.333. The minimum atomic E-state index is -0.832. The van der Waals surface area contributed by atoms with Gasteiger partial charge in [-0.1, -0.05) is 86.7 Å². The second-order valence-electron chi connectivity index (χ2n) is 14.2. The molecule has 6 nitrogen and oxygen atoms in total. The molecule has 2 saturated heterocycles. The first-order chi connectivity index (χ1) is 25.1. The molecule has 0 N–H and O–H groups in total. The van der Waals surface area contributed by atoms with Gasteiger partial charge in [-0.15, -0.1) is 0 Å². The van der Waals surface area contributed by atoms with Crippen molar-refractivity contribution >= 4 is 28.2 Å². The van der Waals surface area contributed by atoms with Gasteiger partial charge in [-0.25, -0.2) is 0 Å². The van der Waals surface area contributed by atoms with Gasteiger partial charge in [-0.05, 0) is 70.8 Å².